The van der Waals surface area contributed by atoms with Crippen molar-refractivity contribution >= 4 is 18.3 Å². The number of hydrogen-bond acceptors (Lipinski definition) is 3. The van der Waals surface area contributed by atoms with Gasteiger partial charge in [0.05, 0.1) is 0 Å². The molecular weight excluding hydrogens is 178 g/mol. The Morgan fingerprint density at radius 1 is 1.54 bits per heavy atom. The van der Waals surface area contributed by atoms with Gasteiger partial charge in [0, 0.05) is 18.2 Å². The largest absolute Gasteiger partial charge is 0.480 e. The summed E-state index contributed by atoms with van der Waals surface area (Å²) in [5, 5.41) is 17.1. The van der Waals surface area contributed by atoms with Crippen LogP contribution in [0.1, 0.15) is 6.42 Å². The molecular formula is C7H7NO5. The summed E-state index contributed by atoms with van der Waals surface area (Å²) < 4.78 is 0. The highest BCUT2D eigenvalue weighted by Crippen LogP contribution is 2.20. The van der Waals surface area contributed by atoms with Gasteiger partial charge in [-0.3, -0.25) is 9.69 Å². The Balaban J connectivity index is 2.88. The predicted molar refractivity (Wildman–Crippen MR) is 40.1 cm³/mol. The number of carboxylic acid groups (broad SMARTS) is 2. The van der Waals surface area contributed by atoms with Gasteiger partial charge < -0.3 is 10.2 Å². The lowest BCUT2D eigenvalue weighted by molar-refractivity contribution is -0.141. The Kier molecular flexibility index (Phi) is 2.32. The van der Waals surface area contributed by atoms with Crippen molar-refractivity contribution in [2.45, 2.75) is 12.5 Å². The minimum Gasteiger partial charge on any atom is -0.480 e. The monoisotopic (exact) mass is 185 g/mol. The number of carboxylic acids is 1. The van der Waals surface area contributed by atoms with Gasteiger partial charge in [0.25, 0.3) is 0 Å². The van der Waals surface area contributed by atoms with Crippen LogP contribution in [0.5, 0.6) is 0 Å². The lowest BCUT2D eigenvalue weighted by atomic mass is 10.1. The number of carbonyl (C=O) groups excluding carboxylic acids is 1. The molecule has 1 rings (SSSR count). The van der Waals surface area contributed by atoms with Crippen LogP contribution in [0.4, 0.5) is 4.79 Å². The molecule has 0 aromatic heterocycles. The second-order valence-electron chi connectivity index (χ2n) is 2.57. The molecule has 0 spiro atoms. The summed E-state index contributed by atoms with van der Waals surface area (Å²) in [5.41, 5.74) is 0.176. The van der Waals surface area contributed by atoms with E-state index >= 15 is 0 Å². The summed E-state index contributed by atoms with van der Waals surface area (Å²) in [6, 6.07) is -1.17. The van der Waals surface area contributed by atoms with Crippen molar-refractivity contribution in [1.29, 1.82) is 0 Å². The fourth-order valence-corrected chi connectivity index (χ4v) is 1.12. The second-order valence-corrected chi connectivity index (χ2v) is 2.57. The van der Waals surface area contributed by atoms with Gasteiger partial charge in [0.1, 0.15) is 12.3 Å². The van der Waals surface area contributed by atoms with Gasteiger partial charge in [0.2, 0.25) is 0 Å². The molecule has 13 heavy (non-hydrogen) atoms. The number of nitrogens with zero attached hydrogens (tertiary/aromatic N) is 1. The normalized spacial score (nSPS) is 21.1. The van der Waals surface area contributed by atoms with Crippen LogP contribution in [-0.4, -0.2) is 39.5 Å². The Labute approximate surface area is 73.1 Å². The smallest absolute Gasteiger partial charge is 0.412 e. The standard InChI is InChI=1S/C7H7NO5/c9-3-4-1-5(6(10)11)8(2-4)7(12)13/h2-3,5H,1H2,(H,10,11)(H,12,13). The zero-order valence-corrected chi connectivity index (χ0v) is 6.51. The minimum atomic E-state index is -1.37. The van der Waals surface area contributed by atoms with Crippen molar-refractivity contribution in [3.63, 3.8) is 0 Å². The van der Waals surface area contributed by atoms with Gasteiger partial charge in [-0.15, -0.1) is 0 Å². The van der Waals surface area contributed by atoms with E-state index < -0.39 is 18.1 Å². The lowest BCUT2D eigenvalue weighted by Gasteiger charge is -2.15. The highest BCUT2D eigenvalue weighted by molar-refractivity contribution is 5.86. The third-order valence-corrected chi connectivity index (χ3v) is 1.73. The molecule has 0 saturated heterocycles. The molecule has 1 amide bonds. The van der Waals surface area contributed by atoms with Crippen molar-refractivity contribution in [1.82, 2.24) is 4.90 Å². The van der Waals surface area contributed by atoms with Crippen LogP contribution in [0.2, 0.25) is 0 Å². The maximum atomic E-state index is 10.5. The molecule has 0 radical (unpaired) electrons. The maximum Gasteiger partial charge on any atom is 0.412 e. The summed E-state index contributed by atoms with van der Waals surface area (Å²) in [4.78, 5) is 31.9. The van der Waals surface area contributed by atoms with Gasteiger partial charge in [-0.1, -0.05) is 0 Å². The molecule has 1 unspecified atom stereocenters. The SMILES string of the molecule is O=CC1=CN(C(=O)O)C(C(=O)O)C1. The maximum absolute atomic E-state index is 10.5. The number of carbonyl (C=O) groups is 3. The first kappa shape index (κ1) is 9.24. The molecule has 0 fully saturated rings. The molecule has 2 N–H and O–H groups in total. The molecule has 0 bridgehead atoms. The molecule has 1 atom stereocenters. The Morgan fingerprint density at radius 3 is 2.46 bits per heavy atom. The van der Waals surface area contributed by atoms with E-state index in [0.717, 1.165) is 6.20 Å². The zero-order chi connectivity index (χ0) is 10.0. The Hall–Kier alpha value is -1.85. The van der Waals surface area contributed by atoms with Crippen molar-refractivity contribution in [2.24, 2.45) is 0 Å². The minimum absolute atomic E-state index is 0.0644. The fraction of sp³-hybridized carbons (Fsp3) is 0.286. The molecule has 0 aliphatic carbocycles. The number of rotatable bonds is 2. The number of aldehydes is 1. The van der Waals surface area contributed by atoms with Crippen LogP contribution < -0.4 is 0 Å². The summed E-state index contributed by atoms with van der Waals surface area (Å²) in [6.45, 7) is 0. The first-order valence-corrected chi connectivity index (χ1v) is 3.46. The molecule has 6 heteroatoms. The van der Waals surface area contributed by atoms with Crippen LogP contribution in [0.25, 0.3) is 0 Å². The quantitative estimate of drug-likeness (QED) is 0.586. The molecule has 1 heterocycles. The van der Waals surface area contributed by atoms with E-state index in [-0.39, 0.29) is 12.0 Å². The van der Waals surface area contributed by atoms with Crippen LogP contribution >= 0.6 is 0 Å². The van der Waals surface area contributed by atoms with Crippen molar-refractivity contribution in [3.8, 4) is 0 Å². The average molecular weight is 185 g/mol. The fourth-order valence-electron chi connectivity index (χ4n) is 1.12. The molecule has 0 aromatic carbocycles. The van der Waals surface area contributed by atoms with Crippen LogP contribution in [0.15, 0.2) is 11.8 Å². The number of hydrogen-bond donors (Lipinski definition) is 2. The van der Waals surface area contributed by atoms with Gasteiger partial charge in [0.15, 0.2) is 0 Å². The molecule has 1 aliphatic heterocycles. The van der Waals surface area contributed by atoms with Crippen LogP contribution in [0, 0.1) is 0 Å². The highest BCUT2D eigenvalue weighted by atomic mass is 16.4. The van der Waals surface area contributed by atoms with E-state index in [2.05, 4.69) is 0 Å². The van der Waals surface area contributed by atoms with Gasteiger partial charge >= 0.3 is 12.1 Å². The van der Waals surface area contributed by atoms with Gasteiger partial charge in [-0.2, -0.15) is 0 Å². The van der Waals surface area contributed by atoms with Crippen molar-refractivity contribution in [2.75, 3.05) is 0 Å². The third kappa shape index (κ3) is 1.66. The van der Waals surface area contributed by atoms with Crippen LogP contribution in [-0.2, 0) is 9.59 Å². The van der Waals surface area contributed by atoms with Crippen molar-refractivity contribution in [3.05, 3.63) is 11.8 Å². The van der Waals surface area contributed by atoms with E-state index in [1.807, 2.05) is 0 Å². The Morgan fingerprint density at radius 2 is 2.15 bits per heavy atom. The zero-order valence-electron chi connectivity index (χ0n) is 6.51. The van der Waals surface area contributed by atoms with Gasteiger partial charge in [-0.05, 0) is 0 Å². The Bertz CT molecular complexity index is 295. The first-order valence-electron chi connectivity index (χ1n) is 3.46. The summed E-state index contributed by atoms with van der Waals surface area (Å²) >= 11 is 0. The van der Waals surface area contributed by atoms with E-state index in [9.17, 15) is 14.4 Å². The topological polar surface area (TPSA) is 94.9 Å². The van der Waals surface area contributed by atoms with Crippen molar-refractivity contribution < 1.29 is 24.6 Å². The van der Waals surface area contributed by atoms with E-state index in [4.69, 9.17) is 10.2 Å². The molecule has 0 saturated carbocycles. The van der Waals surface area contributed by atoms with E-state index in [1.54, 1.807) is 0 Å². The first-order chi connectivity index (χ1) is 6.06. The highest BCUT2D eigenvalue weighted by Gasteiger charge is 2.34. The number of amides is 1. The third-order valence-electron chi connectivity index (χ3n) is 1.73. The average Bonchev–Trinajstić information content (AvgIpc) is 2.47. The lowest BCUT2D eigenvalue weighted by Crippen LogP contribution is -2.37. The predicted octanol–water partition coefficient (Wildman–Crippen LogP) is -0.0939. The summed E-state index contributed by atoms with van der Waals surface area (Å²) in [6.07, 6.45) is 0.0576. The molecule has 6 nitrogen and oxygen atoms in total. The van der Waals surface area contributed by atoms with Gasteiger partial charge in [-0.25, -0.2) is 9.59 Å². The molecule has 70 valence electrons. The second kappa shape index (κ2) is 3.26. The van der Waals surface area contributed by atoms with Crippen LogP contribution in [0.3, 0.4) is 0 Å². The van der Waals surface area contributed by atoms with E-state index in [0.29, 0.717) is 11.2 Å². The summed E-state index contributed by atoms with van der Waals surface area (Å²) in [7, 11) is 0. The molecule has 1 aliphatic rings. The number of aliphatic carboxylic acids is 1. The molecule has 0 aromatic rings. The summed E-state index contributed by atoms with van der Waals surface area (Å²) in [5.74, 6) is -1.25. The van der Waals surface area contributed by atoms with E-state index in [1.165, 1.54) is 0 Å².